The summed E-state index contributed by atoms with van der Waals surface area (Å²) in [5, 5.41) is 8.60. The summed E-state index contributed by atoms with van der Waals surface area (Å²) < 4.78 is 26.1. The number of sulfonamides is 1. The lowest BCUT2D eigenvalue weighted by Gasteiger charge is -2.08. The van der Waals surface area contributed by atoms with E-state index in [2.05, 4.69) is 15.9 Å². The van der Waals surface area contributed by atoms with E-state index in [1.165, 1.54) is 13.0 Å². The molecule has 16 heavy (non-hydrogen) atoms. The van der Waals surface area contributed by atoms with Gasteiger partial charge in [-0.1, -0.05) is 11.6 Å². The molecule has 5 nitrogen and oxygen atoms in total. The molecule has 0 aliphatic heterocycles. The van der Waals surface area contributed by atoms with Gasteiger partial charge in [-0.05, 0) is 28.9 Å². The Morgan fingerprint density at radius 2 is 2.25 bits per heavy atom. The van der Waals surface area contributed by atoms with Crippen molar-refractivity contribution in [1.82, 2.24) is 4.72 Å². The average Bonchev–Trinajstić information content (AvgIpc) is 2.45. The average molecular weight is 349 g/mol. The van der Waals surface area contributed by atoms with E-state index in [4.69, 9.17) is 16.7 Å². The van der Waals surface area contributed by atoms with Crippen molar-refractivity contribution in [2.75, 3.05) is 0 Å². The maximum atomic E-state index is 11.7. The zero-order valence-corrected chi connectivity index (χ0v) is 11.9. The van der Waals surface area contributed by atoms with Crippen LogP contribution in [0, 0.1) is 0 Å². The Bertz CT molecular complexity index is 512. The molecule has 90 valence electrons. The number of carboxylic acid groups (broad SMARTS) is 1. The van der Waals surface area contributed by atoms with Crippen molar-refractivity contribution >= 4 is 54.9 Å². The van der Waals surface area contributed by atoms with E-state index in [1.54, 1.807) is 0 Å². The first-order chi connectivity index (χ1) is 7.24. The first kappa shape index (κ1) is 13.9. The number of halogens is 2. The highest BCUT2D eigenvalue weighted by Crippen LogP contribution is 2.34. The fourth-order valence-corrected chi connectivity index (χ4v) is 4.82. The van der Waals surface area contributed by atoms with Gasteiger partial charge in [-0.25, -0.2) is 8.42 Å². The Hall–Kier alpha value is -0.150. The van der Waals surface area contributed by atoms with Gasteiger partial charge in [0.2, 0.25) is 10.0 Å². The highest BCUT2D eigenvalue weighted by atomic mass is 79.9. The van der Waals surface area contributed by atoms with Crippen LogP contribution in [0.5, 0.6) is 0 Å². The largest absolute Gasteiger partial charge is 0.480 e. The molecule has 1 rings (SSSR count). The molecule has 0 aromatic carbocycles. The molecule has 0 amide bonds. The third-order valence-corrected chi connectivity index (χ3v) is 5.28. The van der Waals surface area contributed by atoms with Gasteiger partial charge in [-0.3, -0.25) is 4.79 Å². The summed E-state index contributed by atoms with van der Waals surface area (Å²) in [6.07, 6.45) is 0. The molecule has 1 atom stereocenters. The quantitative estimate of drug-likeness (QED) is 0.870. The first-order valence-electron chi connectivity index (χ1n) is 3.94. The highest BCUT2D eigenvalue weighted by Gasteiger charge is 2.25. The van der Waals surface area contributed by atoms with Gasteiger partial charge < -0.3 is 5.11 Å². The summed E-state index contributed by atoms with van der Waals surface area (Å²) in [4.78, 5) is 10.4. The maximum absolute atomic E-state index is 11.7. The van der Waals surface area contributed by atoms with E-state index >= 15 is 0 Å². The van der Waals surface area contributed by atoms with Gasteiger partial charge in [0.15, 0.2) is 0 Å². The molecular weight excluding hydrogens is 342 g/mol. The van der Waals surface area contributed by atoms with Crippen molar-refractivity contribution in [3.8, 4) is 0 Å². The molecule has 0 fully saturated rings. The van der Waals surface area contributed by atoms with Crippen LogP contribution in [0.2, 0.25) is 4.34 Å². The van der Waals surface area contributed by atoms with E-state index in [-0.39, 0.29) is 9.23 Å². The van der Waals surface area contributed by atoms with E-state index in [1.807, 2.05) is 4.72 Å². The Morgan fingerprint density at radius 3 is 2.62 bits per heavy atom. The van der Waals surface area contributed by atoms with Crippen LogP contribution in [-0.2, 0) is 14.8 Å². The fourth-order valence-electron chi connectivity index (χ4n) is 0.855. The standard InChI is InChI=1S/C7H7BrClNO4S2/c1-3(7(11)12)10-16(13,14)4-2-5(8)15-6(4)9/h2-3,10H,1H3,(H,11,12). The number of hydrogen-bond acceptors (Lipinski definition) is 4. The Kier molecular flexibility index (Phi) is 4.35. The minimum absolute atomic E-state index is 0.0805. The third kappa shape index (κ3) is 3.17. The number of carboxylic acids is 1. The molecule has 1 aromatic heterocycles. The van der Waals surface area contributed by atoms with Gasteiger partial charge >= 0.3 is 5.97 Å². The van der Waals surface area contributed by atoms with Crippen LogP contribution >= 0.6 is 38.9 Å². The van der Waals surface area contributed by atoms with Gasteiger partial charge in [0.25, 0.3) is 0 Å². The Labute approximate surface area is 110 Å². The molecule has 0 saturated carbocycles. The van der Waals surface area contributed by atoms with Crippen LogP contribution in [0.1, 0.15) is 6.92 Å². The Morgan fingerprint density at radius 1 is 1.69 bits per heavy atom. The highest BCUT2D eigenvalue weighted by molar-refractivity contribution is 9.11. The fraction of sp³-hybridized carbons (Fsp3) is 0.286. The van der Waals surface area contributed by atoms with Crippen molar-refractivity contribution in [2.24, 2.45) is 0 Å². The molecule has 0 bridgehead atoms. The van der Waals surface area contributed by atoms with Crippen molar-refractivity contribution in [3.63, 3.8) is 0 Å². The lowest BCUT2D eigenvalue weighted by molar-refractivity contribution is -0.138. The number of thiophene rings is 1. The number of hydrogen-bond donors (Lipinski definition) is 2. The molecule has 1 aromatic rings. The van der Waals surface area contributed by atoms with E-state index in [0.29, 0.717) is 3.79 Å². The molecular formula is C7H7BrClNO4S2. The smallest absolute Gasteiger partial charge is 0.321 e. The van der Waals surface area contributed by atoms with Gasteiger partial charge in [-0.2, -0.15) is 4.72 Å². The zero-order valence-electron chi connectivity index (χ0n) is 7.90. The summed E-state index contributed by atoms with van der Waals surface area (Å²) in [7, 11) is -3.90. The van der Waals surface area contributed by atoms with Crippen LogP contribution in [0.3, 0.4) is 0 Å². The van der Waals surface area contributed by atoms with Gasteiger partial charge in [0, 0.05) is 0 Å². The first-order valence-corrected chi connectivity index (χ1v) is 7.41. The van der Waals surface area contributed by atoms with E-state index in [0.717, 1.165) is 11.3 Å². The van der Waals surface area contributed by atoms with Crippen LogP contribution < -0.4 is 4.72 Å². The molecule has 9 heteroatoms. The SMILES string of the molecule is CC(NS(=O)(=O)c1cc(Br)sc1Cl)C(=O)O. The molecule has 0 radical (unpaired) electrons. The topological polar surface area (TPSA) is 83.5 Å². The Balaban J connectivity index is 3.03. The monoisotopic (exact) mass is 347 g/mol. The lowest BCUT2D eigenvalue weighted by atomic mass is 10.4. The van der Waals surface area contributed by atoms with Gasteiger partial charge in [0.05, 0.1) is 3.79 Å². The van der Waals surface area contributed by atoms with Crippen LogP contribution in [-0.4, -0.2) is 25.5 Å². The summed E-state index contributed by atoms with van der Waals surface area (Å²) in [6, 6.07) is 0.115. The van der Waals surface area contributed by atoms with Crippen molar-refractivity contribution in [3.05, 3.63) is 14.2 Å². The zero-order chi connectivity index (χ0) is 12.5. The minimum atomic E-state index is -3.90. The third-order valence-electron chi connectivity index (χ3n) is 1.62. The molecule has 1 heterocycles. The second-order valence-electron chi connectivity index (χ2n) is 2.87. The predicted octanol–water partition coefficient (Wildman–Crippen LogP) is 1.92. The second-order valence-corrected chi connectivity index (χ2v) is 7.59. The molecule has 0 aliphatic rings. The van der Waals surface area contributed by atoms with Gasteiger partial charge in [0.1, 0.15) is 15.3 Å². The molecule has 0 saturated heterocycles. The lowest BCUT2D eigenvalue weighted by Crippen LogP contribution is -2.38. The normalized spacial score (nSPS) is 13.7. The summed E-state index contributed by atoms with van der Waals surface area (Å²) in [6.45, 7) is 1.23. The number of rotatable bonds is 4. The molecule has 0 spiro atoms. The molecule has 2 N–H and O–H groups in total. The maximum Gasteiger partial charge on any atom is 0.321 e. The van der Waals surface area contributed by atoms with E-state index < -0.39 is 22.0 Å². The molecule has 1 unspecified atom stereocenters. The van der Waals surface area contributed by atoms with Crippen molar-refractivity contribution < 1.29 is 18.3 Å². The molecule has 0 aliphatic carbocycles. The van der Waals surface area contributed by atoms with Gasteiger partial charge in [-0.15, -0.1) is 11.3 Å². The summed E-state index contributed by atoms with van der Waals surface area (Å²) in [5.41, 5.74) is 0. The predicted molar refractivity (Wildman–Crippen MR) is 64.4 cm³/mol. The second kappa shape index (κ2) is 5.01. The van der Waals surface area contributed by atoms with Crippen molar-refractivity contribution in [1.29, 1.82) is 0 Å². The van der Waals surface area contributed by atoms with Crippen LogP contribution in [0.4, 0.5) is 0 Å². The number of nitrogens with one attached hydrogen (secondary N) is 1. The summed E-state index contributed by atoms with van der Waals surface area (Å²) in [5.74, 6) is -1.26. The summed E-state index contributed by atoms with van der Waals surface area (Å²) >= 11 is 9.86. The number of aliphatic carboxylic acids is 1. The van der Waals surface area contributed by atoms with E-state index in [9.17, 15) is 13.2 Å². The minimum Gasteiger partial charge on any atom is -0.480 e. The van der Waals surface area contributed by atoms with Crippen molar-refractivity contribution in [2.45, 2.75) is 17.9 Å². The van der Waals surface area contributed by atoms with Crippen LogP contribution in [0.15, 0.2) is 14.7 Å². The number of carbonyl (C=O) groups is 1. The van der Waals surface area contributed by atoms with Crippen LogP contribution in [0.25, 0.3) is 0 Å².